The summed E-state index contributed by atoms with van der Waals surface area (Å²) in [5, 5.41) is 0. The van der Waals surface area contributed by atoms with Gasteiger partial charge >= 0.3 is 0 Å². The molecule has 0 aromatic heterocycles. The number of benzene rings is 2. The molecular weight excluding hydrogens is 388 g/mol. The number of carbonyl (C=O) groups excluding carboxylic acids is 1. The number of nitrogens with zero attached hydrogens (tertiary/aromatic N) is 2. The van der Waals surface area contributed by atoms with E-state index in [0.717, 1.165) is 29.7 Å². The quantitative estimate of drug-likeness (QED) is 0.748. The molecule has 2 aromatic carbocycles. The molecule has 2 aromatic rings. The van der Waals surface area contributed by atoms with Gasteiger partial charge in [-0.05, 0) is 67.6 Å². The van der Waals surface area contributed by atoms with Crippen molar-refractivity contribution in [1.82, 2.24) is 9.21 Å². The molecule has 6 nitrogen and oxygen atoms in total. The van der Waals surface area contributed by atoms with Crippen LogP contribution >= 0.6 is 0 Å². The molecule has 1 atom stereocenters. The van der Waals surface area contributed by atoms with Crippen LogP contribution in [0.1, 0.15) is 45.9 Å². The van der Waals surface area contributed by atoms with Gasteiger partial charge in [-0.1, -0.05) is 12.1 Å². The van der Waals surface area contributed by atoms with Crippen LogP contribution in [0.4, 0.5) is 0 Å². The number of rotatable bonds is 5. The van der Waals surface area contributed by atoms with Gasteiger partial charge in [0.15, 0.2) is 0 Å². The van der Waals surface area contributed by atoms with Gasteiger partial charge in [0.1, 0.15) is 5.75 Å². The second-order valence-electron chi connectivity index (χ2n) is 7.63. The first-order valence-electron chi connectivity index (χ1n) is 9.65. The molecule has 0 radical (unpaired) electrons. The number of methoxy groups -OCH3 is 1. The van der Waals surface area contributed by atoms with Crippen molar-refractivity contribution in [1.29, 1.82) is 0 Å². The third kappa shape index (κ3) is 4.02. The van der Waals surface area contributed by atoms with Gasteiger partial charge in [-0.3, -0.25) is 4.79 Å². The first-order chi connectivity index (χ1) is 13.7. The zero-order chi connectivity index (χ0) is 21.3. The SMILES string of the molecule is COc1ccc([C@@H]2CCCN2C(=O)c2cc(C)c(C)c(S(=O)(=O)N(C)C)c2)cc1. The van der Waals surface area contributed by atoms with E-state index < -0.39 is 10.0 Å². The second-order valence-corrected chi connectivity index (χ2v) is 9.75. The highest BCUT2D eigenvalue weighted by Gasteiger charge is 2.32. The Kier molecular flexibility index (Phi) is 6.00. The van der Waals surface area contributed by atoms with Gasteiger partial charge < -0.3 is 9.64 Å². The number of amides is 1. The van der Waals surface area contributed by atoms with Crippen molar-refractivity contribution in [3.05, 3.63) is 58.7 Å². The minimum absolute atomic E-state index is 0.0241. The Balaban J connectivity index is 1.98. The van der Waals surface area contributed by atoms with E-state index in [2.05, 4.69) is 0 Å². The summed E-state index contributed by atoms with van der Waals surface area (Å²) in [6.45, 7) is 4.26. The van der Waals surface area contributed by atoms with Crippen LogP contribution in [-0.4, -0.2) is 51.3 Å². The normalized spacial score (nSPS) is 17.0. The summed E-state index contributed by atoms with van der Waals surface area (Å²) in [5.74, 6) is 0.638. The minimum Gasteiger partial charge on any atom is -0.497 e. The van der Waals surface area contributed by atoms with Gasteiger partial charge in [0, 0.05) is 26.2 Å². The van der Waals surface area contributed by atoms with Crippen molar-refractivity contribution in [2.24, 2.45) is 0 Å². The lowest BCUT2D eigenvalue weighted by molar-refractivity contribution is 0.0735. The zero-order valence-electron chi connectivity index (χ0n) is 17.6. The second kappa shape index (κ2) is 8.16. The van der Waals surface area contributed by atoms with Crippen molar-refractivity contribution in [3.8, 4) is 5.75 Å². The zero-order valence-corrected chi connectivity index (χ0v) is 18.4. The van der Waals surface area contributed by atoms with Crippen LogP contribution in [0.15, 0.2) is 41.3 Å². The fourth-order valence-corrected chi connectivity index (χ4v) is 4.98. The first-order valence-corrected chi connectivity index (χ1v) is 11.1. The van der Waals surface area contributed by atoms with Crippen molar-refractivity contribution < 1.29 is 17.9 Å². The maximum atomic E-state index is 13.4. The number of hydrogen-bond donors (Lipinski definition) is 0. The lowest BCUT2D eigenvalue weighted by Gasteiger charge is -2.26. The number of sulfonamides is 1. The molecule has 0 bridgehead atoms. The smallest absolute Gasteiger partial charge is 0.254 e. The molecule has 0 N–H and O–H groups in total. The van der Waals surface area contributed by atoms with Crippen LogP contribution in [0.5, 0.6) is 5.75 Å². The van der Waals surface area contributed by atoms with Crippen LogP contribution < -0.4 is 4.74 Å². The Morgan fingerprint density at radius 3 is 2.38 bits per heavy atom. The number of carbonyl (C=O) groups is 1. The molecule has 156 valence electrons. The molecule has 29 heavy (non-hydrogen) atoms. The topological polar surface area (TPSA) is 66.9 Å². The van der Waals surface area contributed by atoms with Crippen LogP contribution in [0.2, 0.25) is 0 Å². The number of ether oxygens (including phenoxy) is 1. The summed E-state index contributed by atoms with van der Waals surface area (Å²) in [6.07, 6.45) is 1.79. The Morgan fingerprint density at radius 1 is 1.14 bits per heavy atom. The summed E-state index contributed by atoms with van der Waals surface area (Å²) >= 11 is 0. The highest BCUT2D eigenvalue weighted by Crippen LogP contribution is 2.34. The molecule has 0 unspecified atom stereocenters. The lowest BCUT2D eigenvalue weighted by Crippen LogP contribution is -2.31. The first kappa shape index (κ1) is 21.3. The molecule has 1 aliphatic heterocycles. The lowest BCUT2D eigenvalue weighted by atomic mass is 10.0. The molecule has 1 aliphatic rings. The third-order valence-corrected chi connectivity index (χ3v) is 7.58. The van der Waals surface area contributed by atoms with E-state index in [0.29, 0.717) is 17.7 Å². The summed E-state index contributed by atoms with van der Waals surface area (Å²) in [7, 11) is 0.988. The fourth-order valence-electron chi connectivity index (χ4n) is 3.76. The summed E-state index contributed by atoms with van der Waals surface area (Å²) in [4.78, 5) is 15.4. The van der Waals surface area contributed by atoms with E-state index in [9.17, 15) is 13.2 Å². The van der Waals surface area contributed by atoms with Crippen molar-refractivity contribution >= 4 is 15.9 Å². The highest BCUT2D eigenvalue weighted by molar-refractivity contribution is 7.89. The Hall–Kier alpha value is -2.38. The van der Waals surface area contributed by atoms with Gasteiger partial charge in [0.25, 0.3) is 5.91 Å². The van der Waals surface area contributed by atoms with Crippen molar-refractivity contribution in [3.63, 3.8) is 0 Å². The fraction of sp³-hybridized carbons (Fsp3) is 0.409. The summed E-state index contributed by atoms with van der Waals surface area (Å²) < 4.78 is 31.9. The largest absolute Gasteiger partial charge is 0.497 e. The average molecular weight is 417 g/mol. The highest BCUT2D eigenvalue weighted by atomic mass is 32.2. The van der Waals surface area contributed by atoms with Gasteiger partial charge in [0.2, 0.25) is 10.0 Å². The Morgan fingerprint density at radius 2 is 1.79 bits per heavy atom. The predicted molar refractivity (Wildman–Crippen MR) is 113 cm³/mol. The molecule has 0 saturated carbocycles. The van der Waals surface area contributed by atoms with E-state index in [4.69, 9.17) is 4.74 Å². The average Bonchev–Trinajstić information content (AvgIpc) is 3.19. The summed E-state index contributed by atoms with van der Waals surface area (Å²) in [5.41, 5.74) is 2.93. The molecular formula is C22H28N2O4S. The molecule has 7 heteroatoms. The van der Waals surface area contributed by atoms with Crippen LogP contribution in [0, 0.1) is 13.8 Å². The molecule has 1 amide bonds. The van der Waals surface area contributed by atoms with Crippen LogP contribution in [-0.2, 0) is 10.0 Å². The molecule has 1 heterocycles. The molecule has 0 aliphatic carbocycles. The maximum absolute atomic E-state index is 13.4. The third-order valence-electron chi connectivity index (χ3n) is 5.64. The van der Waals surface area contributed by atoms with E-state index in [1.807, 2.05) is 36.1 Å². The number of hydrogen-bond acceptors (Lipinski definition) is 4. The van der Waals surface area contributed by atoms with Gasteiger partial charge in [-0.25, -0.2) is 12.7 Å². The molecule has 0 spiro atoms. The van der Waals surface area contributed by atoms with E-state index in [-0.39, 0.29) is 16.8 Å². The van der Waals surface area contributed by atoms with E-state index >= 15 is 0 Å². The van der Waals surface area contributed by atoms with Crippen molar-refractivity contribution in [2.75, 3.05) is 27.7 Å². The van der Waals surface area contributed by atoms with Gasteiger partial charge in [-0.15, -0.1) is 0 Å². The van der Waals surface area contributed by atoms with Crippen LogP contribution in [0.25, 0.3) is 0 Å². The number of aryl methyl sites for hydroxylation is 1. The Bertz CT molecular complexity index is 1010. The standard InChI is InChI=1S/C22H28N2O4S/c1-15-13-18(14-21(16(15)2)29(26,27)23(3)4)22(25)24-12-6-7-20(24)17-8-10-19(28-5)11-9-17/h8-11,13-14,20H,6-7,12H2,1-5H3/t20-/m0/s1. The molecule has 3 rings (SSSR count). The van der Waals surface area contributed by atoms with E-state index in [1.165, 1.54) is 24.5 Å². The number of likely N-dealkylation sites (tertiary alicyclic amines) is 1. The minimum atomic E-state index is -3.63. The Labute approximate surface area is 173 Å². The molecule has 1 saturated heterocycles. The molecule has 1 fully saturated rings. The monoisotopic (exact) mass is 416 g/mol. The van der Waals surface area contributed by atoms with Gasteiger partial charge in [-0.2, -0.15) is 0 Å². The van der Waals surface area contributed by atoms with Crippen molar-refractivity contribution in [2.45, 2.75) is 37.6 Å². The predicted octanol–water partition coefficient (Wildman–Crippen LogP) is 3.54. The van der Waals surface area contributed by atoms with Gasteiger partial charge in [0.05, 0.1) is 18.0 Å². The summed E-state index contributed by atoms with van der Waals surface area (Å²) in [6, 6.07) is 11.0. The maximum Gasteiger partial charge on any atom is 0.254 e. The van der Waals surface area contributed by atoms with E-state index in [1.54, 1.807) is 20.1 Å². The van der Waals surface area contributed by atoms with Crippen LogP contribution in [0.3, 0.4) is 0 Å².